The van der Waals surface area contributed by atoms with Crippen molar-refractivity contribution in [2.24, 2.45) is 10.9 Å². The summed E-state index contributed by atoms with van der Waals surface area (Å²) in [5.74, 6) is 2.11. The first-order valence-corrected chi connectivity index (χ1v) is 10.6. The predicted molar refractivity (Wildman–Crippen MR) is 116 cm³/mol. The fraction of sp³-hybridized carbons (Fsp3) is 0.636. The smallest absolute Gasteiger partial charge is 0.243 e. The maximum atomic E-state index is 12.1. The van der Waals surface area contributed by atoms with Crippen LogP contribution in [-0.4, -0.2) is 74.1 Å². The number of hydrogen-bond donors (Lipinski definition) is 2. The number of aliphatic imine (C=N–C) groups is 1. The van der Waals surface area contributed by atoms with E-state index in [-0.39, 0.29) is 18.5 Å². The second-order valence-electron chi connectivity index (χ2n) is 8.60. The van der Waals surface area contributed by atoms with Crippen molar-refractivity contribution in [3.05, 3.63) is 29.8 Å². The van der Waals surface area contributed by atoms with Gasteiger partial charge in [-0.2, -0.15) is 0 Å². The first kappa shape index (κ1) is 21.4. The molecule has 0 spiro atoms. The third kappa shape index (κ3) is 5.41. The average Bonchev–Trinajstić information content (AvgIpc) is 3.06. The van der Waals surface area contributed by atoms with Crippen molar-refractivity contribution in [3.8, 4) is 5.75 Å². The molecule has 29 heavy (non-hydrogen) atoms. The molecule has 1 aromatic rings. The lowest BCUT2D eigenvalue weighted by atomic mass is 10.0. The van der Waals surface area contributed by atoms with Crippen molar-refractivity contribution in [1.82, 2.24) is 20.4 Å². The highest BCUT2D eigenvalue weighted by Crippen LogP contribution is 2.31. The van der Waals surface area contributed by atoms with Gasteiger partial charge in [0.05, 0.1) is 12.6 Å². The Morgan fingerprint density at radius 3 is 2.72 bits per heavy atom. The number of para-hydroxylation sites is 1. The zero-order chi connectivity index (χ0) is 21.0. The molecule has 2 aliphatic rings. The van der Waals surface area contributed by atoms with Gasteiger partial charge in [0.2, 0.25) is 5.91 Å². The molecule has 160 valence electrons. The van der Waals surface area contributed by atoms with E-state index in [9.17, 15) is 4.79 Å². The van der Waals surface area contributed by atoms with Gasteiger partial charge < -0.3 is 20.3 Å². The fourth-order valence-electron chi connectivity index (χ4n) is 3.87. The van der Waals surface area contributed by atoms with Gasteiger partial charge in [0.25, 0.3) is 0 Å². The van der Waals surface area contributed by atoms with E-state index in [1.54, 1.807) is 19.0 Å². The van der Waals surface area contributed by atoms with Crippen molar-refractivity contribution in [2.45, 2.75) is 45.3 Å². The Bertz CT molecular complexity index is 734. The second-order valence-corrected chi connectivity index (χ2v) is 8.60. The lowest BCUT2D eigenvalue weighted by molar-refractivity contribution is -0.127. The molecular weight excluding hydrogens is 366 g/mol. The van der Waals surface area contributed by atoms with Gasteiger partial charge >= 0.3 is 0 Å². The minimum Gasteiger partial charge on any atom is -0.493 e. The predicted octanol–water partition coefficient (Wildman–Crippen LogP) is 1.86. The minimum absolute atomic E-state index is 0.0123. The van der Waals surface area contributed by atoms with E-state index in [0.29, 0.717) is 30.6 Å². The number of nitrogens with zero attached hydrogens (tertiary/aromatic N) is 3. The Hall–Kier alpha value is -2.28. The summed E-state index contributed by atoms with van der Waals surface area (Å²) in [5.41, 5.74) is 1.13. The molecule has 0 aliphatic carbocycles. The van der Waals surface area contributed by atoms with Crippen LogP contribution in [0.4, 0.5) is 0 Å². The van der Waals surface area contributed by atoms with Crippen molar-refractivity contribution in [3.63, 3.8) is 0 Å². The quantitative estimate of drug-likeness (QED) is 0.582. The molecule has 3 atom stereocenters. The van der Waals surface area contributed by atoms with Crippen LogP contribution < -0.4 is 15.4 Å². The van der Waals surface area contributed by atoms with Crippen LogP contribution in [0, 0.1) is 5.92 Å². The molecule has 0 bridgehead atoms. The average molecular weight is 402 g/mol. The summed E-state index contributed by atoms with van der Waals surface area (Å²) in [4.78, 5) is 20.8. The lowest BCUT2D eigenvalue weighted by Gasteiger charge is -2.29. The minimum atomic E-state index is -0.0123. The van der Waals surface area contributed by atoms with Crippen molar-refractivity contribution >= 4 is 11.9 Å². The highest BCUT2D eigenvalue weighted by molar-refractivity contribution is 5.85. The van der Waals surface area contributed by atoms with Crippen LogP contribution >= 0.6 is 0 Å². The number of likely N-dealkylation sites (tertiary alicyclic amines) is 1. The van der Waals surface area contributed by atoms with E-state index in [1.807, 2.05) is 18.2 Å². The van der Waals surface area contributed by atoms with Crippen molar-refractivity contribution in [1.29, 1.82) is 0 Å². The molecule has 3 rings (SSSR count). The van der Waals surface area contributed by atoms with Gasteiger partial charge in [-0.05, 0) is 25.8 Å². The van der Waals surface area contributed by atoms with E-state index in [4.69, 9.17) is 4.74 Å². The summed E-state index contributed by atoms with van der Waals surface area (Å²) in [5, 5.41) is 7.18. The maximum Gasteiger partial charge on any atom is 0.243 e. The number of amides is 1. The standard InChI is InChI=1S/C22H35N5O2/c1-15(2)27-13-16(3)19(14-27)25-22(23-12-21(28)26(4)5)24-18-10-11-29-20-9-7-6-8-17(18)20/h6-9,15-16,18-19H,10-14H2,1-5H3,(H2,23,24,25). The van der Waals surface area contributed by atoms with Crippen molar-refractivity contribution in [2.75, 3.05) is 40.3 Å². The van der Waals surface area contributed by atoms with Crippen LogP contribution in [0.25, 0.3) is 0 Å². The lowest BCUT2D eigenvalue weighted by Crippen LogP contribution is -2.48. The molecular formula is C22H35N5O2. The molecule has 1 saturated heterocycles. The van der Waals surface area contributed by atoms with Crippen molar-refractivity contribution < 1.29 is 9.53 Å². The number of benzene rings is 1. The van der Waals surface area contributed by atoms with E-state index in [1.165, 1.54) is 0 Å². The molecule has 2 aliphatic heterocycles. The Morgan fingerprint density at radius 1 is 1.28 bits per heavy atom. The first-order chi connectivity index (χ1) is 13.8. The highest BCUT2D eigenvalue weighted by Gasteiger charge is 2.32. The summed E-state index contributed by atoms with van der Waals surface area (Å²) in [6, 6.07) is 9.05. The van der Waals surface area contributed by atoms with Gasteiger partial charge in [0.15, 0.2) is 5.96 Å². The molecule has 0 aromatic heterocycles. The Balaban J connectivity index is 1.75. The van der Waals surface area contributed by atoms with Gasteiger partial charge in [-0.3, -0.25) is 9.69 Å². The molecule has 1 aromatic carbocycles. The highest BCUT2D eigenvalue weighted by atomic mass is 16.5. The van der Waals surface area contributed by atoms with Gasteiger partial charge in [0, 0.05) is 51.3 Å². The first-order valence-electron chi connectivity index (χ1n) is 10.6. The number of likely N-dealkylation sites (N-methyl/N-ethyl adjacent to an activating group) is 1. The van der Waals surface area contributed by atoms with E-state index in [0.717, 1.165) is 30.8 Å². The number of nitrogens with one attached hydrogen (secondary N) is 2. The van der Waals surface area contributed by atoms with Crippen LogP contribution in [-0.2, 0) is 4.79 Å². The topological polar surface area (TPSA) is 69.2 Å². The molecule has 2 N–H and O–H groups in total. The summed E-state index contributed by atoms with van der Waals surface area (Å²) in [7, 11) is 3.51. The van der Waals surface area contributed by atoms with Crippen LogP contribution in [0.15, 0.2) is 29.3 Å². The normalized spacial score (nSPS) is 24.8. The third-order valence-corrected chi connectivity index (χ3v) is 5.83. The summed E-state index contributed by atoms with van der Waals surface area (Å²) < 4.78 is 5.79. The molecule has 7 heteroatoms. The molecule has 3 unspecified atom stereocenters. The largest absolute Gasteiger partial charge is 0.493 e. The fourth-order valence-corrected chi connectivity index (χ4v) is 3.87. The van der Waals surface area contributed by atoms with E-state index in [2.05, 4.69) is 47.4 Å². The van der Waals surface area contributed by atoms with Crippen LogP contribution in [0.2, 0.25) is 0 Å². The number of fused-ring (bicyclic) bond motifs is 1. The second kappa shape index (κ2) is 9.48. The SMILES string of the molecule is CC1CN(C(C)C)CC1NC(=NCC(=O)N(C)C)NC1CCOc2ccccc21. The number of carbonyl (C=O) groups excluding carboxylic acids is 1. The zero-order valence-electron chi connectivity index (χ0n) is 18.3. The number of guanidine groups is 1. The van der Waals surface area contributed by atoms with Gasteiger partial charge in [-0.1, -0.05) is 25.1 Å². The van der Waals surface area contributed by atoms with Crippen LogP contribution in [0.3, 0.4) is 0 Å². The number of carbonyl (C=O) groups is 1. The Morgan fingerprint density at radius 2 is 2.03 bits per heavy atom. The van der Waals surface area contributed by atoms with Crippen LogP contribution in [0.1, 0.15) is 38.8 Å². The molecule has 0 radical (unpaired) electrons. The summed E-state index contributed by atoms with van der Waals surface area (Å²) in [6.07, 6.45) is 0.859. The molecule has 1 amide bonds. The third-order valence-electron chi connectivity index (χ3n) is 5.83. The molecule has 2 heterocycles. The monoisotopic (exact) mass is 401 g/mol. The molecule has 0 saturated carbocycles. The number of ether oxygens (including phenoxy) is 1. The zero-order valence-corrected chi connectivity index (χ0v) is 18.3. The number of hydrogen-bond acceptors (Lipinski definition) is 4. The van der Waals surface area contributed by atoms with E-state index >= 15 is 0 Å². The van der Waals surface area contributed by atoms with Gasteiger partial charge in [-0.25, -0.2) is 4.99 Å². The molecule has 7 nitrogen and oxygen atoms in total. The van der Waals surface area contributed by atoms with Crippen LogP contribution in [0.5, 0.6) is 5.75 Å². The van der Waals surface area contributed by atoms with Gasteiger partial charge in [-0.15, -0.1) is 0 Å². The summed E-state index contributed by atoms with van der Waals surface area (Å²) >= 11 is 0. The van der Waals surface area contributed by atoms with Gasteiger partial charge in [0.1, 0.15) is 12.3 Å². The Labute approximate surface area is 174 Å². The van der Waals surface area contributed by atoms with E-state index < -0.39 is 0 Å². The molecule has 1 fully saturated rings. The maximum absolute atomic E-state index is 12.1. The summed E-state index contributed by atoms with van der Waals surface area (Å²) in [6.45, 7) is 9.58. The Kier molecular flexibility index (Phi) is 7.00. The number of rotatable bonds is 5.